The molecule has 76 valence electrons. The molecule has 1 rings (SSSR count). The minimum Gasteiger partial charge on any atom is -0.399 e. The highest BCUT2D eigenvalue weighted by Crippen LogP contribution is 2.18. The molecule has 1 aromatic carbocycles. The first kappa shape index (κ1) is 11.5. The maximum absolute atomic E-state index is 11.6. The number of hydrogen-bond donors (Lipinski definition) is 1. The summed E-state index contributed by atoms with van der Waals surface area (Å²) < 4.78 is 0. The molecule has 0 fully saturated rings. The molecule has 0 heterocycles. The number of carbonyl (C=O) groups is 1. The maximum atomic E-state index is 11.6. The molecule has 2 nitrogen and oxygen atoms in total. The number of nitrogen functional groups attached to an aromatic ring is 1. The molecule has 0 radical (unpaired) electrons. The Morgan fingerprint density at radius 1 is 1.50 bits per heavy atom. The fourth-order valence-electron chi connectivity index (χ4n) is 1.22. The van der Waals surface area contributed by atoms with Gasteiger partial charge in [-0.2, -0.15) is 0 Å². The maximum Gasteiger partial charge on any atom is 0.164 e. The second-order valence-corrected chi connectivity index (χ2v) is 3.85. The van der Waals surface area contributed by atoms with Crippen molar-refractivity contribution in [1.82, 2.24) is 0 Å². The van der Waals surface area contributed by atoms with E-state index in [0.29, 0.717) is 28.9 Å². The van der Waals surface area contributed by atoms with Gasteiger partial charge in [0.25, 0.3) is 0 Å². The Morgan fingerprint density at radius 3 is 2.79 bits per heavy atom. The molecule has 0 aliphatic carbocycles. The van der Waals surface area contributed by atoms with Gasteiger partial charge in [-0.1, -0.05) is 15.9 Å². The molecule has 4 heteroatoms. The minimum atomic E-state index is 0.0643. The van der Waals surface area contributed by atoms with Gasteiger partial charge >= 0.3 is 0 Å². The second kappa shape index (κ2) is 5.37. The summed E-state index contributed by atoms with van der Waals surface area (Å²) >= 11 is 8.84. The van der Waals surface area contributed by atoms with Crippen molar-refractivity contribution >= 4 is 39.0 Å². The zero-order valence-electron chi connectivity index (χ0n) is 7.59. The van der Waals surface area contributed by atoms with Crippen LogP contribution in [0.25, 0.3) is 0 Å². The number of alkyl halides is 2. The molecule has 0 aliphatic heterocycles. The topological polar surface area (TPSA) is 43.1 Å². The Hall–Kier alpha value is -0.540. The third-order valence-electron chi connectivity index (χ3n) is 1.90. The number of hydrogen-bond acceptors (Lipinski definition) is 2. The lowest BCUT2D eigenvalue weighted by Gasteiger charge is -2.06. The highest BCUT2D eigenvalue weighted by Gasteiger charge is 2.09. The van der Waals surface area contributed by atoms with E-state index in [9.17, 15) is 4.79 Å². The van der Waals surface area contributed by atoms with Crippen molar-refractivity contribution in [3.05, 3.63) is 29.3 Å². The summed E-state index contributed by atoms with van der Waals surface area (Å²) in [7, 11) is 0. The van der Waals surface area contributed by atoms with Gasteiger partial charge in [0.05, 0.1) is 0 Å². The largest absolute Gasteiger partial charge is 0.399 e. The van der Waals surface area contributed by atoms with E-state index >= 15 is 0 Å². The van der Waals surface area contributed by atoms with E-state index in [4.69, 9.17) is 17.3 Å². The van der Waals surface area contributed by atoms with Crippen molar-refractivity contribution in [3.8, 4) is 0 Å². The van der Waals surface area contributed by atoms with Gasteiger partial charge in [-0.15, -0.1) is 11.6 Å². The third-order valence-corrected chi connectivity index (χ3v) is 2.69. The molecule has 0 saturated carbocycles. The molecule has 0 atom stereocenters. The van der Waals surface area contributed by atoms with Crippen LogP contribution in [0.1, 0.15) is 22.3 Å². The van der Waals surface area contributed by atoms with Gasteiger partial charge < -0.3 is 5.73 Å². The van der Waals surface area contributed by atoms with E-state index in [1.807, 2.05) is 0 Å². The second-order valence-electron chi connectivity index (χ2n) is 2.91. The van der Waals surface area contributed by atoms with Crippen molar-refractivity contribution in [2.24, 2.45) is 0 Å². The predicted molar refractivity (Wildman–Crippen MR) is 63.2 cm³/mol. The highest BCUT2D eigenvalue weighted by atomic mass is 79.9. The lowest BCUT2D eigenvalue weighted by molar-refractivity contribution is 0.0988. The normalized spacial score (nSPS) is 10.1. The van der Waals surface area contributed by atoms with Gasteiger partial charge in [0.1, 0.15) is 0 Å². The number of carbonyl (C=O) groups excluding carboxylic acids is 1. The molecule has 0 amide bonds. The standard InChI is InChI=1S/C10H11BrClNO/c11-6-7-5-8(13)1-2-9(7)10(14)3-4-12/h1-2,5H,3-4,6,13H2. The number of nitrogens with two attached hydrogens (primary N) is 1. The van der Waals surface area contributed by atoms with Gasteiger partial charge in [-0.05, 0) is 23.8 Å². The van der Waals surface area contributed by atoms with Crippen LogP contribution in [0.4, 0.5) is 5.69 Å². The van der Waals surface area contributed by atoms with Gasteiger partial charge in [-0.25, -0.2) is 0 Å². The third kappa shape index (κ3) is 2.72. The van der Waals surface area contributed by atoms with Crippen LogP contribution < -0.4 is 5.73 Å². The lowest BCUT2D eigenvalue weighted by Crippen LogP contribution is -2.04. The van der Waals surface area contributed by atoms with Crippen molar-refractivity contribution in [2.45, 2.75) is 11.8 Å². The SMILES string of the molecule is Nc1ccc(C(=O)CCCl)c(CBr)c1. The van der Waals surface area contributed by atoms with E-state index in [1.54, 1.807) is 18.2 Å². The summed E-state index contributed by atoms with van der Waals surface area (Å²) in [6.45, 7) is 0. The van der Waals surface area contributed by atoms with Crippen LogP contribution in [0.2, 0.25) is 0 Å². The summed E-state index contributed by atoms with van der Waals surface area (Å²) in [6.07, 6.45) is 0.367. The summed E-state index contributed by atoms with van der Waals surface area (Å²) in [5.74, 6) is 0.416. The van der Waals surface area contributed by atoms with E-state index in [0.717, 1.165) is 5.56 Å². The Balaban J connectivity index is 3.01. The predicted octanol–water partition coefficient (Wildman–Crippen LogP) is 2.98. The smallest absolute Gasteiger partial charge is 0.164 e. The first-order valence-electron chi connectivity index (χ1n) is 4.22. The number of benzene rings is 1. The van der Waals surface area contributed by atoms with Gasteiger partial charge in [0.15, 0.2) is 5.78 Å². The van der Waals surface area contributed by atoms with E-state index < -0.39 is 0 Å². The molecule has 0 aliphatic rings. The van der Waals surface area contributed by atoms with Gasteiger partial charge in [-0.3, -0.25) is 4.79 Å². The number of Topliss-reactive ketones (excluding diaryl/α,β-unsaturated/α-hetero) is 1. The molecule has 0 spiro atoms. The molecular formula is C10H11BrClNO. The molecule has 0 aromatic heterocycles. The fraction of sp³-hybridized carbons (Fsp3) is 0.300. The Bertz CT molecular complexity index is 341. The van der Waals surface area contributed by atoms with Crippen LogP contribution in [0.3, 0.4) is 0 Å². The fourth-order valence-corrected chi connectivity index (χ4v) is 1.85. The van der Waals surface area contributed by atoms with Crippen LogP contribution in [-0.4, -0.2) is 11.7 Å². The van der Waals surface area contributed by atoms with E-state index in [2.05, 4.69) is 15.9 Å². The monoisotopic (exact) mass is 275 g/mol. The molecule has 14 heavy (non-hydrogen) atoms. The summed E-state index contributed by atoms with van der Waals surface area (Å²) in [4.78, 5) is 11.6. The van der Waals surface area contributed by atoms with E-state index in [-0.39, 0.29) is 5.78 Å². The first-order valence-corrected chi connectivity index (χ1v) is 5.88. The number of ketones is 1. The molecule has 0 saturated heterocycles. The summed E-state index contributed by atoms with van der Waals surface area (Å²) in [5.41, 5.74) is 7.91. The minimum absolute atomic E-state index is 0.0643. The van der Waals surface area contributed by atoms with E-state index in [1.165, 1.54) is 0 Å². The van der Waals surface area contributed by atoms with Crippen LogP contribution in [0, 0.1) is 0 Å². The zero-order chi connectivity index (χ0) is 10.6. The number of anilines is 1. The van der Waals surface area contributed by atoms with Gasteiger partial charge in [0.2, 0.25) is 0 Å². The van der Waals surface area contributed by atoms with Crippen LogP contribution in [0.5, 0.6) is 0 Å². The van der Waals surface area contributed by atoms with Crippen LogP contribution in [0.15, 0.2) is 18.2 Å². The molecule has 0 bridgehead atoms. The number of halogens is 2. The van der Waals surface area contributed by atoms with Crippen molar-refractivity contribution in [2.75, 3.05) is 11.6 Å². The molecule has 2 N–H and O–H groups in total. The average molecular weight is 277 g/mol. The lowest BCUT2D eigenvalue weighted by atomic mass is 10.0. The first-order chi connectivity index (χ1) is 6.69. The van der Waals surface area contributed by atoms with Crippen molar-refractivity contribution in [1.29, 1.82) is 0 Å². The van der Waals surface area contributed by atoms with Crippen LogP contribution in [-0.2, 0) is 5.33 Å². The van der Waals surface area contributed by atoms with Crippen molar-refractivity contribution in [3.63, 3.8) is 0 Å². The van der Waals surface area contributed by atoms with Crippen LogP contribution >= 0.6 is 27.5 Å². The number of rotatable bonds is 4. The zero-order valence-corrected chi connectivity index (χ0v) is 9.94. The Labute approximate surface area is 96.6 Å². The van der Waals surface area contributed by atoms with Gasteiger partial charge in [0, 0.05) is 28.9 Å². The molecule has 0 unspecified atom stereocenters. The summed E-state index contributed by atoms with van der Waals surface area (Å²) in [5, 5.41) is 0.626. The highest BCUT2D eigenvalue weighted by molar-refractivity contribution is 9.08. The molecular weight excluding hydrogens is 265 g/mol. The average Bonchev–Trinajstić information content (AvgIpc) is 2.17. The molecule has 1 aromatic rings. The Kier molecular flexibility index (Phi) is 4.42. The van der Waals surface area contributed by atoms with Crippen molar-refractivity contribution < 1.29 is 4.79 Å². The Morgan fingerprint density at radius 2 is 2.21 bits per heavy atom. The quantitative estimate of drug-likeness (QED) is 0.522. The summed E-state index contributed by atoms with van der Waals surface area (Å²) in [6, 6.07) is 5.28.